The van der Waals surface area contributed by atoms with Gasteiger partial charge < -0.3 is 4.57 Å². The number of nitrogens with zero attached hydrogens (tertiary/aromatic N) is 6. The van der Waals surface area contributed by atoms with Crippen LogP contribution in [0.15, 0.2) is 255 Å². The van der Waals surface area contributed by atoms with Crippen LogP contribution in [-0.2, 0) is 0 Å². The third-order valence-corrected chi connectivity index (χ3v) is 13.4. The smallest absolute Gasteiger partial charge is 0.171 e. The van der Waals surface area contributed by atoms with Crippen molar-refractivity contribution in [3.63, 3.8) is 0 Å². The van der Waals surface area contributed by atoms with Crippen LogP contribution in [0.2, 0.25) is 0 Å². The first-order chi connectivity index (χ1) is 35.8. The molecule has 0 spiro atoms. The lowest BCUT2D eigenvalue weighted by atomic mass is 9.87. The molecule has 11 aromatic rings. The minimum atomic E-state index is 0.639. The van der Waals surface area contributed by atoms with Gasteiger partial charge in [-0.05, 0) is 75.9 Å². The first kappa shape index (κ1) is 42.3. The fraction of sp³-hybridized carbons (Fsp3) is 0. The van der Waals surface area contributed by atoms with Crippen LogP contribution < -0.4 is 0 Å². The van der Waals surface area contributed by atoms with Gasteiger partial charge in [0, 0.05) is 45.3 Å². The van der Waals surface area contributed by atoms with Crippen molar-refractivity contribution < 1.29 is 0 Å². The topological polar surface area (TPSA) is 61.4 Å². The number of hydrogen-bond donors (Lipinski definition) is 0. The van der Waals surface area contributed by atoms with Crippen LogP contribution in [0.4, 0.5) is 0 Å². The van der Waals surface area contributed by atoms with Gasteiger partial charge in [0.1, 0.15) is 0 Å². The molecule has 3 aromatic heterocycles. The number of hydrogen-bond acceptors (Lipinski definition) is 4. The zero-order chi connectivity index (χ0) is 47.8. The van der Waals surface area contributed by atoms with E-state index in [-0.39, 0.29) is 0 Å². The van der Waals surface area contributed by atoms with Crippen LogP contribution in [0.3, 0.4) is 0 Å². The zero-order valence-electron chi connectivity index (χ0n) is 39.1. The lowest BCUT2D eigenvalue weighted by Gasteiger charge is -2.16. The maximum atomic E-state index is 6.19. The van der Waals surface area contributed by atoms with Crippen LogP contribution in [-0.4, -0.2) is 29.3 Å². The van der Waals surface area contributed by atoms with Crippen molar-refractivity contribution in [3.05, 3.63) is 289 Å². The Morgan fingerprint density at radius 1 is 0.292 bits per heavy atom. The molecular formula is C66H44N6. The van der Waals surface area contributed by atoms with Gasteiger partial charge in [-0.1, -0.05) is 218 Å². The summed E-state index contributed by atoms with van der Waals surface area (Å²) >= 11 is 0. The summed E-state index contributed by atoms with van der Waals surface area (Å²) in [5, 5.41) is 10.2. The zero-order valence-corrected chi connectivity index (χ0v) is 39.1. The number of aromatic nitrogens is 6. The molecule has 0 amide bonds. The van der Waals surface area contributed by atoms with Crippen molar-refractivity contribution in [1.29, 1.82) is 0 Å². The first-order valence-corrected chi connectivity index (χ1v) is 24.2. The van der Waals surface area contributed by atoms with Crippen LogP contribution >= 0.6 is 0 Å². The Morgan fingerprint density at radius 3 is 1.15 bits per heavy atom. The van der Waals surface area contributed by atoms with Crippen LogP contribution in [0.25, 0.3) is 102 Å². The molecule has 6 nitrogen and oxygen atoms in total. The van der Waals surface area contributed by atoms with Crippen LogP contribution in [0, 0.1) is 0 Å². The highest BCUT2D eigenvalue weighted by Gasteiger charge is 2.33. The van der Waals surface area contributed by atoms with E-state index in [1.54, 1.807) is 0 Å². The number of para-hydroxylation sites is 2. The fourth-order valence-electron chi connectivity index (χ4n) is 10.4. The van der Waals surface area contributed by atoms with Crippen molar-refractivity contribution in [2.75, 3.05) is 0 Å². The highest BCUT2D eigenvalue weighted by molar-refractivity contribution is 6.16. The van der Waals surface area contributed by atoms with Crippen LogP contribution in [0.5, 0.6) is 0 Å². The first-order valence-electron chi connectivity index (χ1n) is 24.2. The van der Waals surface area contributed by atoms with Crippen molar-refractivity contribution in [3.8, 4) is 55.9 Å². The Hall–Kier alpha value is -9.78. The van der Waals surface area contributed by atoms with Gasteiger partial charge >= 0.3 is 0 Å². The molecule has 0 saturated heterocycles. The largest absolute Gasteiger partial charge is 0.308 e. The summed E-state index contributed by atoms with van der Waals surface area (Å²) < 4.78 is 4.59. The summed E-state index contributed by atoms with van der Waals surface area (Å²) in [4.78, 5) is 11.5. The SMILES string of the molecule is C1=Cc2cc3c(-c4ccccc4)c(-c4ccccc4)c(c(-c4ccccc4)c4nc(c(-c5ccccc5)c5nnc(cc1n2)n5-c1ccccc1)C(c1ccccc1)=C4c1ccccc1)n3-c1ccccc1. The van der Waals surface area contributed by atoms with Gasteiger partial charge in [-0.2, -0.15) is 0 Å². The molecule has 5 heterocycles. The number of fused-ring (bicyclic) bond motifs is 8. The molecule has 0 atom stereocenters. The Bertz CT molecular complexity index is 4020. The molecule has 0 N–H and O–H groups in total. The molecule has 0 radical (unpaired) electrons. The normalized spacial score (nSPS) is 12.1. The highest BCUT2D eigenvalue weighted by Crippen LogP contribution is 2.51. The summed E-state index contributed by atoms with van der Waals surface area (Å²) in [6.07, 6.45) is 4.17. The Kier molecular flexibility index (Phi) is 10.7. The standard InChI is InChI=1S/C66H44N6/c1-9-25-45(26-10-1)57-55-43-51-41-42-52(67-51)44-56-69-70-66(72(56)54-39-23-8-24-40-54)62(50-35-19-6-20-36-50)64-59(47-29-13-3-14-30-47)58(46-27-11-2-12-28-46)63(68-64)61(49-33-17-5-18-34-49)65(60(57)48-31-15-4-16-32-48)71(55)53-37-21-7-22-38-53/h1-44H. The molecule has 0 aliphatic carbocycles. The second kappa shape index (κ2) is 18.3. The highest BCUT2D eigenvalue weighted by atomic mass is 15.3. The van der Waals surface area contributed by atoms with Crippen LogP contribution in [0.1, 0.15) is 33.9 Å². The Morgan fingerprint density at radius 2 is 0.667 bits per heavy atom. The summed E-state index contributed by atoms with van der Waals surface area (Å²) in [7, 11) is 0. The molecule has 72 heavy (non-hydrogen) atoms. The molecule has 0 saturated carbocycles. The average Bonchev–Trinajstić information content (AvgIpc) is 4.25. The summed E-state index contributed by atoms with van der Waals surface area (Å²) in [6, 6.07) is 89.7. The Balaban J connectivity index is 1.40. The van der Waals surface area contributed by atoms with Gasteiger partial charge in [0.25, 0.3) is 0 Å². The van der Waals surface area contributed by atoms with E-state index in [9.17, 15) is 0 Å². The van der Waals surface area contributed by atoms with E-state index in [4.69, 9.17) is 20.2 Å². The molecule has 338 valence electrons. The van der Waals surface area contributed by atoms with E-state index < -0.39 is 0 Å². The monoisotopic (exact) mass is 920 g/mol. The second-order valence-corrected chi connectivity index (χ2v) is 17.8. The predicted octanol–water partition coefficient (Wildman–Crippen LogP) is 15.9. The lowest BCUT2D eigenvalue weighted by Crippen LogP contribution is -1.99. The molecule has 0 unspecified atom stereocenters. The van der Waals surface area contributed by atoms with Gasteiger partial charge in [-0.25, -0.2) is 9.97 Å². The summed E-state index contributed by atoms with van der Waals surface area (Å²) in [5.74, 6) is 0. The number of rotatable bonds is 8. The van der Waals surface area contributed by atoms with Crippen molar-refractivity contribution in [2.24, 2.45) is 0 Å². The van der Waals surface area contributed by atoms with Crippen molar-refractivity contribution in [1.82, 2.24) is 29.3 Å². The van der Waals surface area contributed by atoms with Gasteiger partial charge in [-0.15, -0.1) is 10.2 Å². The third kappa shape index (κ3) is 7.46. The van der Waals surface area contributed by atoms with E-state index >= 15 is 0 Å². The lowest BCUT2D eigenvalue weighted by molar-refractivity contribution is 1.15. The third-order valence-electron chi connectivity index (χ3n) is 13.4. The molecular weight excluding hydrogens is 877 g/mol. The van der Waals surface area contributed by atoms with Gasteiger partial charge in [0.2, 0.25) is 0 Å². The molecule has 2 aliphatic heterocycles. The van der Waals surface area contributed by atoms with Gasteiger partial charge in [0.15, 0.2) is 11.3 Å². The van der Waals surface area contributed by atoms with E-state index in [1.807, 2.05) is 12.1 Å². The predicted molar refractivity (Wildman–Crippen MR) is 295 cm³/mol. The minimum absolute atomic E-state index is 0.639. The molecule has 2 aliphatic rings. The maximum Gasteiger partial charge on any atom is 0.171 e. The summed E-state index contributed by atoms with van der Waals surface area (Å²) in [6.45, 7) is 0. The molecule has 8 bridgehead atoms. The molecule has 13 rings (SSSR count). The number of benzene rings is 8. The van der Waals surface area contributed by atoms with Crippen molar-refractivity contribution >= 4 is 45.6 Å². The quantitative estimate of drug-likeness (QED) is 0.152. The minimum Gasteiger partial charge on any atom is -0.308 e. The van der Waals surface area contributed by atoms with E-state index in [0.29, 0.717) is 11.3 Å². The van der Waals surface area contributed by atoms with Gasteiger partial charge in [0.05, 0.1) is 39.4 Å². The second-order valence-electron chi connectivity index (χ2n) is 17.8. The van der Waals surface area contributed by atoms with E-state index in [1.165, 1.54) is 0 Å². The van der Waals surface area contributed by atoms with E-state index in [2.05, 4.69) is 264 Å². The molecule has 0 fully saturated rings. The Labute approximate surface area is 417 Å². The molecule has 8 aromatic carbocycles. The van der Waals surface area contributed by atoms with Gasteiger partial charge in [-0.3, -0.25) is 4.57 Å². The summed E-state index contributed by atoms with van der Waals surface area (Å²) in [5.41, 5.74) is 20.4. The average molecular weight is 921 g/mol. The molecule has 6 heteroatoms. The van der Waals surface area contributed by atoms with Crippen molar-refractivity contribution in [2.45, 2.75) is 0 Å². The maximum absolute atomic E-state index is 6.19. The fourth-order valence-corrected chi connectivity index (χ4v) is 10.4. The van der Waals surface area contributed by atoms with E-state index in [0.717, 1.165) is 112 Å².